The Morgan fingerprint density at radius 1 is 1.53 bits per heavy atom. The molecular weight excluding hydrogens is 216 g/mol. The Balaban J connectivity index is 2.39. The molecule has 0 fully saturated rings. The Kier molecular flexibility index (Phi) is 2.60. The Bertz CT molecular complexity index is 507. The molecule has 0 aromatic carbocycles. The minimum atomic E-state index is -0.830. The van der Waals surface area contributed by atoms with Crippen LogP contribution in [0.15, 0.2) is 24.4 Å². The van der Waals surface area contributed by atoms with Crippen LogP contribution in [-0.2, 0) is 11.2 Å². The van der Waals surface area contributed by atoms with Crippen LogP contribution in [0, 0.1) is 0 Å². The van der Waals surface area contributed by atoms with Gasteiger partial charge >= 0.3 is 5.97 Å². The maximum Gasteiger partial charge on any atom is 0.303 e. The molecule has 2 aromatic rings. The maximum atomic E-state index is 10.4. The Hall–Kier alpha value is -1.55. The van der Waals surface area contributed by atoms with Gasteiger partial charge in [-0.1, -0.05) is 6.07 Å². The van der Waals surface area contributed by atoms with E-state index < -0.39 is 5.97 Å². The van der Waals surface area contributed by atoms with Crippen molar-refractivity contribution in [1.29, 1.82) is 0 Å². The first-order valence-corrected chi connectivity index (χ1v) is 4.89. The molecule has 0 spiro atoms. The predicted octanol–water partition coefficient (Wildman–Crippen LogP) is 2.00. The number of halogens is 1. The monoisotopic (exact) mass is 224 g/mol. The molecule has 2 aromatic heterocycles. The lowest BCUT2D eigenvalue weighted by Crippen LogP contribution is -1.98. The van der Waals surface area contributed by atoms with E-state index in [2.05, 4.69) is 4.98 Å². The van der Waals surface area contributed by atoms with Gasteiger partial charge in [0.1, 0.15) is 0 Å². The molecule has 1 N–H and O–H groups in total. The molecule has 0 unspecified atom stereocenters. The fourth-order valence-corrected chi connectivity index (χ4v) is 1.72. The van der Waals surface area contributed by atoms with Crippen molar-refractivity contribution < 1.29 is 9.90 Å². The molecule has 78 valence electrons. The smallest absolute Gasteiger partial charge is 0.303 e. The number of hydrogen-bond acceptors (Lipinski definition) is 2. The number of rotatable bonds is 3. The third-order valence-electron chi connectivity index (χ3n) is 2.16. The summed E-state index contributed by atoms with van der Waals surface area (Å²) in [7, 11) is 0. The Morgan fingerprint density at radius 2 is 2.33 bits per heavy atom. The lowest BCUT2D eigenvalue weighted by Gasteiger charge is -1.95. The fraction of sp³-hybridized carbons (Fsp3) is 0.200. The molecule has 4 nitrogen and oxygen atoms in total. The van der Waals surface area contributed by atoms with Gasteiger partial charge in [-0.2, -0.15) is 0 Å². The minimum Gasteiger partial charge on any atom is -0.481 e. The summed E-state index contributed by atoms with van der Waals surface area (Å²) in [6, 6.07) is 5.59. The van der Waals surface area contributed by atoms with E-state index in [9.17, 15) is 4.79 Å². The molecule has 15 heavy (non-hydrogen) atoms. The van der Waals surface area contributed by atoms with E-state index in [0.717, 1.165) is 11.2 Å². The second-order valence-corrected chi connectivity index (χ2v) is 3.52. The van der Waals surface area contributed by atoms with Crippen molar-refractivity contribution >= 4 is 23.1 Å². The average Bonchev–Trinajstić information content (AvgIpc) is 2.54. The third-order valence-corrected chi connectivity index (χ3v) is 2.42. The Morgan fingerprint density at radius 3 is 3.07 bits per heavy atom. The van der Waals surface area contributed by atoms with Gasteiger partial charge in [-0.15, -0.1) is 0 Å². The number of carboxylic acid groups (broad SMARTS) is 1. The van der Waals surface area contributed by atoms with Gasteiger partial charge in [0.15, 0.2) is 0 Å². The molecule has 0 amide bonds. The van der Waals surface area contributed by atoms with Crippen molar-refractivity contribution in [2.45, 2.75) is 12.8 Å². The van der Waals surface area contributed by atoms with Crippen LogP contribution in [0.3, 0.4) is 0 Å². The fourth-order valence-electron chi connectivity index (χ4n) is 1.47. The molecule has 0 bridgehead atoms. The zero-order chi connectivity index (χ0) is 10.8. The number of hydrogen-bond donors (Lipinski definition) is 1. The first-order chi connectivity index (χ1) is 7.18. The number of aryl methyl sites for hydroxylation is 1. The van der Waals surface area contributed by atoms with Gasteiger partial charge in [-0.05, 0) is 23.7 Å². The second kappa shape index (κ2) is 3.90. The number of aromatic nitrogens is 2. The lowest BCUT2D eigenvalue weighted by molar-refractivity contribution is -0.136. The number of aliphatic carboxylic acids is 1. The summed E-state index contributed by atoms with van der Waals surface area (Å²) in [6.07, 6.45) is 2.27. The van der Waals surface area contributed by atoms with E-state index in [0.29, 0.717) is 11.7 Å². The summed E-state index contributed by atoms with van der Waals surface area (Å²) in [6.45, 7) is 0. The molecule has 2 rings (SSSR count). The standard InChI is InChI=1S/C10H9ClN2O2/c11-10-12-7(4-5-9(14)15)8-3-1-2-6-13(8)10/h1-3,6H,4-5H2,(H,14,15). The summed E-state index contributed by atoms with van der Waals surface area (Å²) < 4.78 is 1.73. The van der Waals surface area contributed by atoms with Gasteiger partial charge in [0, 0.05) is 12.6 Å². The topological polar surface area (TPSA) is 54.6 Å². The lowest BCUT2D eigenvalue weighted by atomic mass is 10.2. The van der Waals surface area contributed by atoms with E-state index in [4.69, 9.17) is 16.7 Å². The number of carbonyl (C=O) groups is 1. The van der Waals surface area contributed by atoms with Gasteiger partial charge in [0.05, 0.1) is 17.6 Å². The van der Waals surface area contributed by atoms with Crippen molar-refractivity contribution in [2.75, 3.05) is 0 Å². The van der Waals surface area contributed by atoms with Crippen LogP contribution in [0.4, 0.5) is 0 Å². The van der Waals surface area contributed by atoms with Crippen LogP contribution < -0.4 is 0 Å². The van der Waals surface area contributed by atoms with Gasteiger partial charge in [0.2, 0.25) is 5.28 Å². The molecular formula is C10H9ClN2O2. The molecule has 0 atom stereocenters. The summed E-state index contributed by atoms with van der Waals surface area (Å²) in [4.78, 5) is 14.6. The first-order valence-electron chi connectivity index (χ1n) is 4.52. The average molecular weight is 225 g/mol. The van der Waals surface area contributed by atoms with E-state index in [1.54, 1.807) is 10.6 Å². The number of fused-ring (bicyclic) bond motifs is 1. The van der Waals surface area contributed by atoms with Crippen molar-refractivity contribution in [1.82, 2.24) is 9.38 Å². The van der Waals surface area contributed by atoms with Crippen LogP contribution in [0.2, 0.25) is 5.28 Å². The van der Waals surface area contributed by atoms with E-state index in [-0.39, 0.29) is 6.42 Å². The van der Waals surface area contributed by atoms with Crippen molar-refractivity contribution in [3.8, 4) is 0 Å². The normalized spacial score (nSPS) is 10.7. The van der Waals surface area contributed by atoms with E-state index in [1.165, 1.54) is 0 Å². The molecule has 0 aliphatic carbocycles. The highest BCUT2D eigenvalue weighted by Crippen LogP contribution is 2.17. The zero-order valence-electron chi connectivity index (χ0n) is 7.85. The Labute approximate surface area is 91.1 Å². The van der Waals surface area contributed by atoms with Crippen LogP contribution >= 0.6 is 11.6 Å². The first kappa shape index (κ1) is 9.98. The summed E-state index contributed by atoms with van der Waals surface area (Å²) in [5.74, 6) is -0.830. The van der Waals surface area contributed by atoms with Crippen LogP contribution in [-0.4, -0.2) is 20.5 Å². The highest BCUT2D eigenvalue weighted by molar-refractivity contribution is 6.28. The van der Waals surface area contributed by atoms with Crippen LogP contribution in [0.25, 0.3) is 5.52 Å². The minimum absolute atomic E-state index is 0.0674. The van der Waals surface area contributed by atoms with Crippen LogP contribution in [0.1, 0.15) is 12.1 Å². The molecule has 0 aliphatic heterocycles. The highest BCUT2D eigenvalue weighted by Gasteiger charge is 2.09. The second-order valence-electron chi connectivity index (χ2n) is 3.18. The van der Waals surface area contributed by atoms with E-state index >= 15 is 0 Å². The van der Waals surface area contributed by atoms with E-state index in [1.807, 2.05) is 18.2 Å². The largest absolute Gasteiger partial charge is 0.481 e. The number of nitrogens with zero attached hydrogens (tertiary/aromatic N) is 2. The zero-order valence-corrected chi connectivity index (χ0v) is 8.61. The van der Waals surface area contributed by atoms with Crippen molar-refractivity contribution in [3.63, 3.8) is 0 Å². The number of carboxylic acids is 1. The summed E-state index contributed by atoms with van der Waals surface area (Å²) >= 11 is 5.90. The quantitative estimate of drug-likeness (QED) is 0.868. The predicted molar refractivity (Wildman–Crippen MR) is 56.2 cm³/mol. The van der Waals surface area contributed by atoms with Crippen LogP contribution in [0.5, 0.6) is 0 Å². The number of imidazole rings is 1. The highest BCUT2D eigenvalue weighted by atomic mass is 35.5. The molecule has 0 saturated heterocycles. The molecule has 0 radical (unpaired) electrons. The summed E-state index contributed by atoms with van der Waals surface area (Å²) in [5.41, 5.74) is 1.59. The van der Waals surface area contributed by atoms with Crippen molar-refractivity contribution in [3.05, 3.63) is 35.4 Å². The van der Waals surface area contributed by atoms with Crippen molar-refractivity contribution in [2.24, 2.45) is 0 Å². The SMILES string of the molecule is O=C(O)CCc1nc(Cl)n2ccccc12. The maximum absolute atomic E-state index is 10.4. The number of pyridine rings is 1. The molecule has 0 aliphatic rings. The van der Waals surface area contributed by atoms with Gasteiger partial charge in [-0.3, -0.25) is 9.20 Å². The molecule has 2 heterocycles. The van der Waals surface area contributed by atoms with Gasteiger partial charge in [-0.25, -0.2) is 4.98 Å². The summed E-state index contributed by atoms with van der Waals surface area (Å²) in [5, 5.41) is 8.95. The third kappa shape index (κ3) is 1.94. The van der Waals surface area contributed by atoms with Gasteiger partial charge < -0.3 is 5.11 Å². The van der Waals surface area contributed by atoms with Gasteiger partial charge in [0.25, 0.3) is 0 Å². The molecule has 5 heteroatoms. The molecule has 0 saturated carbocycles.